The van der Waals surface area contributed by atoms with E-state index in [1.807, 2.05) is 0 Å². The number of nitrogens with two attached hydrogens (primary N) is 1. The van der Waals surface area contributed by atoms with Crippen molar-refractivity contribution in [3.8, 4) is 0 Å². The molecule has 2 rings (SSSR count). The molecule has 1 aromatic carbocycles. The third kappa shape index (κ3) is 3.12. The summed E-state index contributed by atoms with van der Waals surface area (Å²) in [6.45, 7) is 1.75. The second kappa shape index (κ2) is 5.56. The number of anilines is 1. The van der Waals surface area contributed by atoms with Crippen molar-refractivity contribution in [2.75, 3.05) is 4.72 Å². The molecule has 1 aromatic heterocycles. The summed E-state index contributed by atoms with van der Waals surface area (Å²) in [5.74, 6) is -0.714. The van der Waals surface area contributed by atoms with Crippen molar-refractivity contribution in [1.82, 2.24) is 4.98 Å². The molecule has 20 heavy (non-hydrogen) atoms. The third-order valence-electron chi connectivity index (χ3n) is 2.69. The lowest BCUT2D eigenvalue weighted by atomic mass is 10.1. The molecule has 0 aliphatic rings. The molecule has 3 N–H and O–H groups in total. The molecule has 0 saturated heterocycles. The van der Waals surface area contributed by atoms with E-state index in [1.54, 1.807) is 31.2 Å². The predicted octanol–water partition coefficient (Wildman–Crippen LogP) is 2.04. The molecular formula is C13H14FN3O2S. The highest BCUT2D eigenvalue weighted by atomic mass is 32.2. The SMILES string of the molecule is CC(N)c1ccccc1NS(=O)(=O)c1cncc(F)c1. The van der Waals surface area contributed by atoms with E-state index in [9.17, 15) is 12.8 Å². The molecule has 0 aliphatic heterocycles. The maximum absolute atomic E-state index is 13.1. The molecule has 0 amide bonds. The van der Waals surface area contributed by atoms with Crippen LogP contribution in [0.1, 0.15) is 18.5 Å². The topological polar surface area (TPSA) is 85.1 Å². The van der Waals surface area contributed by atoms with Gasteiger partial charge >= 0.3 is 0 Å². The van der Waals surface area contributed by atoms with E-state index in [4.69, 9.17) is 5.73 Å². The fourth-order valence-corrected chi connectivity index (χ4v) is 2.79. The highest BCUT2D eigenvalue weighted by molar-refractivity contribution is 7.92. The van der Waals surface area contributed by atoms with Crippen LogP contribution in [0.25, 0.3) is 0 Å². The summed E-state index contributed by atoms with van der Waals surface area (Å²) in [7, 11) is -3.90. The van der Waals surface area contributed by atoms with Gasteiger partial charge in [-0.25, -0.2) is 12.8 Å². The fraction of sp³-hybridized carbons (Fsp3) is 0.154. The first kappa shape index (κ1) is 14.4. The lowest BCUT2D eigenvalue weighted by molar-refractivity contribution is 0.592. The molecule has 7 heteroatoms. The normalized spacial score (nSPS) is 12.9. The van der Waals surface area contributed by atoms with E-state index in [-0.39, 0.29) is 10.9 Å². The number of para-hydroxylation sites is 1. The molecule has 0 aliphatic carbocycles. The number of sulfonamides is 1. The summed E-state index contributed by atoms with van der Waals surface area (Å²) in [4.78, 5) is 3.29. The van der Waals surface area contributed by atoms with Crippen molar-refractivity contribution in [2.45, 2.75) is 17.9 Å². The standard InChI is InChI=1S/C13H14FN3O2S/c1-9(15)12-4-2-3-5-13(12)17-20(18,19)11-6-10(14)7-16-8-11/h2-9,17H,15H2,1H3. The van der Waals surface area contributed by atoms with Gasteiger partial charge in [0.25, 0.3) is 10.0 Å². The number of halogens is 1. The van der Waals surface area contributed by atoms with Gasteiger partial charge in [-0.2, -0.15) is 0 Å². The molecular weight excluding hydrogens is 281 g/mol. The van der Waals surface area contributed by atoms with Crippen LogP contribution < -0.4 is 10.5 Å². The molecule has 0 saturated carbocycles. The van der Waals surface area contributed by atoms with E-state index in [0.717, 1.165) is 18.5 Å². The maximum Gasteiger partial charge on any atom is 0.263 e. The monoisotopic (exact) mass is 295 g/mol. The van der Waals surface area contributed by atoms with E-state index in [2.05, 4.69) is 9.71 Å². The molecule has 5 nitrogen and oxygen atoms in total. The summed E-state index contributed by atoms with van der Waals surface area (Å²) in [5.41, 5.74) is 6.81. The van der Waals surface area contributed by atoms with Gasteiger partial charge in [-0.15, -0.1) is 0 Å². The second-order valence-corrected chi connectivity index (χ2v) is 6.00. The Morgan fingerprint density at radius 1 is 1.30 bits per heavy atom. The zero-order chi connectivity index (χ0) is 14.8. The van der Waals surface area contributed by atoms with Crippen LogP contribution in [-0.4, -0.2) is 13.4 Å². The van der Waals surface area contributed by atoms with Gasteiger partial charge in [-0.3, -0.25) is 9.71 Å². The largest absolute Gasteiger partial charge is 0.324 e. The van der Waals surface area contributed by atoms with Gasteiger partial charge in [0.15, 0.2) is 0 Å². The zero-order valence-corrected chi connectivity index (χ0v) is 11.6. The van der Waals surface area contributed by atoms with Crippen LogP contribution in [0.4, 0.5) is 10.1 Å². The Kier molecular flexibility index (Phi) is 4.01. The van der Waals surface area contributed by atoms with Gasteiger partial charge in [-0.05, 0) is 24.6 Å². The summed E-state index contributed by atoms with van der Waals surface area (Å²) in [6.07, 6.45) is 2.02. The van der Waals surface area contributed by atoms with Gasteiger partial charge in [0.05, 0.1) is 11.9 Å². The van der Waals surface area contributed by atoms with Crippen molar-refractivity contribution in [2.24, 2.45) is 5.73 Å². The minimum atomic E-state index is -3.90. The Hall–Kier alpha value is -1.99. The first-order valence-electron chi connectivity index (χ1n) is 5.88. The highest BCUT2D eigenvalue weighted by Crippen LogP contribution is 2.23. The minimum Gasteiger partial charge on any atom is -0.324 e. The number of pyridine rings is 1. The lowest BCUT2D eigenvalue weighted by Gasteiger charge is -2.14. The van der Waals surface area contributed by atoms with Gasteiger partial charge < -0.3 is 5.73 Å². The van der Waals surface area contributed by atoms with Crippen LogP contribution in [0.15, 0.2) is 47.6 Å². The van der Waals surface area contributed by atoms with Crippen molar-refractivity contribution < 1.29 is 12.8 Å². The zero-order valence-electron chi connectivity index (χ0n) is 10.7. The summed E-state index contributed by atoms with van der Waals surface area (Å²) in [5, 5.41) is 0. The van der Waals surface area contributed by atoms with Crippen molar-refractivity contribution >= 4 is 15.7 Å². The van der Waals surface area contributed by atoms with Crippen molar-refractivity contribution in [1.29, 1.82) is 0 Å². The predicted molar refractivity (Wildman–Crippen MR) is 74.0 cm³/mol. The van der Waals surface area contributed by atoms with Gasteiger partial charge in [-0.1, -0.05) is 18.2 Å². The van der Waals surface area contributed by atoms with Crippen LogP contribution in [0, 0.1) is 5.82 Å². The molecule has 0 radical (unpaired) electrons. The second-order valence-electron chi connectivity index (χ2n) is 4.32. The van der Waals surface area contributed by atoms with Crippen LogP contribution in [0.3, 0.4) is 0 Å². The number of nitrogens with zero attached hydrogens (tertiary/aromatic N) is 1. The molecule has 0 bridgehead atoms. The maximum atomic E-state index is 13.1. The summed E-state index contributed by atoms with van der Waals surface area (Å²) < 4.78 is 39.8. The molecule has 0 spiro atoms. The van der Waals surface area contributed by atoms with Gasteiger partial charge in [0.1, 0.15) is 10.7 Å². The van der Waals surface area contributed by atoms with E-state index in [1.165, 1.54) is 0 Å². The Balaban J connectivity index is 2.39. The minimum absolute atomic E-state index is 0.239. The molecule has 0 fully saturated rings. The Labute approximate surface area is 116 Å². The molecule has 106 valence electrons. The molecule has 2 aromatic rings. The number of hydrogen-bond donors (Lipinski definition) is 2. The molecule has 1 atom stereocenters. The van der Waals surface area contributed by atoms with Crippen LogP contribution >= 0.6 is 0 Å². The third-order valence-corrected chi connectivity index (χ3v) is 4.02. The van der Waals surface area contributed by atoms with Crippen molar-refractivity contribution in [3.63, 3.8) is 0 Å². The summed E-state index contributed by atoms with van der Waals surface area (Å²) >= 11 is 0. The molecule has 1 unspecified atom stereocenters. The van der Waals surface area contributed by atoms with Crippen LogP contribution in [0.5, 0.6) is 0 Å². The first-order chi connectivity index (χ1) is 9.40. The lowest BCUT2D eigenvalue weighted by Crippen LogP contribution is -2.16. The number of benzene rings is 1. The number of nitrogens with one attached hydrogen (secondary N) is 1. The number of hydrogen-bond acceptors (Lipinski definition) is 4. The number of rotatable bonds is 4. The smallest absolute Gasteiger partial charge is 0.263 e. The number of aromatic nitrogens is 1. The summed E-state index contributed by atoms with van der Waals surface area (Å²) in [6, 6.07) is 7.35. The quantitative estimate of drug-likeness (QED) is 0.904. The van der Waals surface area contributed by atoms with E-state index in [0.29, 0.717) is 11.3 Å². The van der Waals surface area contributed by atoms with Crippen molar-refractivity contribution in [3.05, 3.63) is 54.1 Å². The van der Waals surface area contributed by atoms with Crippen LogP contribution in [0.2, 0.25) is 0 Å². The average Bonchev–Trinajstić information content (AvgIpc) is 2.38. The Bertz CT molecular complexity index is 717. The Morgan fingerprint density at radius 3 is 2.65 bits per heavy atom. The fourth-order valence-electron chi connectivity index (χ4n) is 1.73. The van der Waals surface area contributed by atoms with Crippen LogP contribution in [-0.2, 0) is 10.0 Å². The highest BCUT2D eigenvalue weighted by Gasteiger charge is 2.17. The van der Waals surface area contributed by atoms with E-state index < -0.39 is 15.8 Å². The Morgan fingerprint density at radius 2 is 2.00 bits per heavy atom. The van der Waals surface area contributed by atoms with E-state index >= 15 is 0 Å². The average molecular weight is 295 g/mol. The molecule has 1 heterocycles. The first-order valence-corrected chi connectivity index (χ1v) is 7.36. The van der Waals surface area contributed by atoms with Gasteiger partial charge in [0.2, 0.25) is 0 Å². The van der Waals surface area contributed by atoms with Gasteiger partial charge in [0, 0.05) is 12.2 Å².